The quantitative estimate of drug-likeness (QED) is 0.740. The van der Waals surface area contributed by atoms with E-state index in [1.807, 2.05) is 6.20 Å². The smallest absolute Gasteiger partial charge is 0.153 e. The molecule has 3 rings (SSSR count). The summed E-state index contributed by atoms with van der Waals surface area (Å²) >= 11 is 1.56. The molecule has 0 amide bonds. The van der Waals surface area contributed by atoms with Crippen LogP contribution in [0, 0.1) is 6.92 Å². The highest BCUT2D eigenvalue weighted by Crippen LogP contribution is 2.36. The molecule has 2 heterocycles. The standard InChI is InChI=1S/C13H12N4S/c1-8-2-4-9(5-3-8)11-12(16-17-13(11)14)10-6-15-7-18-10/h2-7H,1H3,(H3,14,16,17). The van der Waals surface area contributed by atoms with Crippen LogP contribution in [0.4, 0.5) is 5.82 Å². The lowest BCUT2D eigenvalue weighted by Gasteiger charge is -2.03. The molecule has 0 spiro atoms. The molecule has 5 heteroatoms. The minimum Gasteiger partial charge on any atom is -0.382 e. The summed E-state index contributed by atoms with van der Waals surface area (Å²) in [6, 6.07) is 8.25. The summed E-state index contributed by atoms with van der Waals surface area (Å²) in [6.45, 7) is 2.06. The summed E-state index contributed by atoms with van der Waals surface area (Å²) in [6.07, 6.45) is 1.81. The minimum atomic E-state index is 0.516. The van der Waals surface area contributed by atoms with Crippen molar-refractivity contribution in [2.24, 2.45) is 0 Å². The van der Waals surface area contributed by atoms with Crippen LogP contribution in [0.25, 0.3) is 21.7 Å². The van der Waals surface area contributed by atoms with E-state index in [1.54, 1.807) is 16.8 Å². The number of hydrogen-bond donors (Lipinski definition) is 2. The first-order chi connectivity index (χ1) is 8.75. The van der Waals surface area contributed by atoms with Gasteiger partial charge in [0.15, 0.2) is 5.82 Å². The average Bonchev–Trinajstić information content (AvgIpc) is 2.99. The number of rotatable bonds is 2. The van der Waals surface area contributed by atoms with E-state index in [1.165, 1.54) is 5.56 Å². The van der Waals surface area contributed by atoms with Crippen LogP contribution < -0.4 is 5.73 Å². The van der Waals surface area contributed by atoms with Crippen molar-refractivity contribution in [3.05, 3.63) is 41.5 Å². The first kappa shape index (κ1) is 11.0. The number of aromatic nitrogens is 3. The van der Waals surface area contributed by atoms with Gasteiger partial charge in [0.05, 0.1) is 21.6 Å². The van der Waals surface area contributed by atoms with Crippen LogP contribution in [0.5, 0.6) is 0 Å². The van der Waals surface area contributed by atoms with Crippen molar-refractivity contribution in [3.8, 4) is 21.7 Å². The van der Waals surface area contributed by atoms with Crippen LogP contribution in [-0.4, -0.2) is 15.2 Å². The van der Waals surface area contributed by atoms with Gasteiger partial charge >= 0.3 is 0 Å². The fraction of sp³-hybridized carbons (Fsp3) is 0.0769. The maximum absolute atomic E-state index is 5.96. The predicted molar refractivity (Wildman–Crippen MR) is 74.3 cm³/mol. The summed E-state index contributed by atoms with van der Waals surface area (Å²) in [5.41, 5.74) is 11.9. The molecular weight excluding hydrogens is 244 g/mol. The molecule has 0 aliphatic heterocycles. The second-order valence-corrected chi connectivity index (χ2v) is 4.98. The Hall–Kier alpha value is -2.14. The van der Waals surface area contributed by atoms with E-state index in [0.717, 1.165) is 21.7 Å². The Morgan fingerprint density at radius 1 is 1.22 bits per heavy atom. The highest BCUT2D eigenvalue weighted by molar-refractivity contribution is 7.13. The zero-order valence-corrected chi connectivity index (χ0v) is 10.7. The lowest BCUT2D eigenvalue weighted by Crippen LogP contribution is -1.88. The molecule has 2 aromatic heterocycles. The SMILES string of the molecule is Cc1ccc(-c2c(N)n[nH]c2-c2cncs2)cc1. The Balaban J connectivity index is 2.17. The van der Waals surface area contributed by atoms with Gasteiger partial charge in [-0.15, -0.1) is 11.3 Å². The summed E-state index contributed by atoms with van der Waals surface area (Å²) < 4.78 is 0. The van der Waals surface area contributed by atoms with Crippen LogP contribution in [0.3, 0.4) is 0 Å². The molecule has 90 valence electrons. The van der Waals surface area contributed by atoms with Gasteiger partial charge in [-0.2, -0.15) is 5.10 Å². The number of benzene rings is 1. The number of nitrogen functional groups attached to an aromatic ring is 1. The fourth-order valence-corrected chi connectivity index (χ4v) is 2.51. The predicted octanol–water partition coefficient (Wildman–Crippen LogP) is 3.09. The van der Waals surface area contributed by atoms with Crippen molar-refractivity contribution in [2.75, 3.05) is 5.73 Å². The van der Waals surface area contributed by atoms with Gasteiger partial charge in [0, 0.05) is 6.20 Å². The van der Waals surface area contributed by atoms with Gasteiger partial charge in [0.25, 0.3) is 0 Å². The largest absolute Gasteiger partial charge is 0.382 e. The van der Waals surface area contributed by atoms with Gasteiger partial charge in [0.2, 0.25) is 0 Å². The Labute approximate surface area is 109 Å². The lowest BCUT2D eigenvalue weighted by molar-refractivity contribution is 1.10. The van der Waals surface area contributed by atoms with E-state index in [9.17, 15) is 0 Å². The molecule has 1 aromatic carbocycles. The van der Waals surface area contributed by atoms with Crippen molar-refractivity contribution in [1.29, 1.82) is 0 Å². The Bertz CT molecular complexity index is 653. The molecule has 0 radical (unpaired) electrons. The zero-order valence-electron chi connectivity index (χ0n) is 9.84. The number of nitrogens with two attached hydrogens (primary N) is 1. The van der Waals surface area contributed by atoms with Crippen molar-refractivity contribution in [3.63, 3.8) is 0 Å². The number of nitrogens with one attached hydrogen (secondary N) is 1. The molecule has 0 aliphatic rings. The molecule has 0 aliphatic carbocycles. The van der Waals surface area contributed by atoms with Crippen LogP contribution in [0.1, 0.15) is 5.56 Å². The molecule has 3 aromatic rings. The second-order valence-electron chi connectivity index (χ2n) is 4.09. The highest BCUT2D eigenvalue weighted by Gasteiger charge is 2.15. The highest BCUT2D eigenvalue weighted by atomic mass is 32.1. The van der Waals surface area contributed by atoms with Crippen LogP contribution in [0.2, 0.25) is 0 Å². The third-order valence-electron chi connectivity index (χ3n) is 2.81. The van der Waals surface area contributed by atoms with Crippen molar-refractivity contribution in [2.45, 2.75) is 6.92 Å². The number of anilines is 1. The first-order valence-electron chi connectivity index (χ1n) is 5.55. The fourth-order valence-electron chi connectivity index (χ4n) is 1.89. The summed E-state index contributed by atoms with van der Waals surface area (Å²) in [5.74, 6) is 0.516. The molecule has 3 N–H and O–H groups in total. The first-order valence-corrected chi connectivity index (χ1v) is 6.43. The van der Waals surface area contributed by atoms with E-state index in [0.29, 0.717) is 5.82 Å². The number of aryl methyl sites for hydroxylation is 1. The van der Waals surface area contributed by atoms with E-state index in [2.05, 4.69) is 46.4 Å². The Kier molecular flexibility index (Phi) is 2.60. The van der Waals surface area contributed by atoms with Crippen molar-refractivity contribution in [1.82, 2.24) is 15.2 Å². The monoisotopic (exact) mass is 256 g/mol. The topological polar surface area (TPSA) is 67.6 Å². The zero-order chi connectivity index (χ0) is 12.5. The summed E-state index contributed by atoms with van der Waals surface area (Å²) in [4.78, 5) is 5.12. The third-order valence-corrected chi connectivity index (χ3v) is 3.60. The van der Waals surface area contributed by atoms with Gasteiger partial charge < -0.3 is 5.73 Å². The molecule has 0 fully saturated rings. The number of H-pyrrole nitrogens is 1. The maximum atomic E-state index is 5.96. The maximum Gasteiger partial charge on any atom is 0.153 e. The average molecular weight is 256 g/mol. The molecule has 0 bridgehead atoms. The number of thiazole rings is 1. The van der Waals surface area contributed by atoms with Crippen molar-refractivity contribution >= 4 is 17.2 Å². The second kappa shape index (κ2) is 4.27. The van der Waals surface area contributed by atoms with Gasteiger partial charge in [-0.3, -0.25) is 10.1 Å². The molecule has 0 atom stereocenters. The Morgan fingerprint density at radius 2 is 2.00 bits per heavy atom. The van der Waals surface area contributed by atoms with E-state index < -0.39 is 0 Å². The van der Waals surface area contributed by atoms with Gasteiger partial charge in [0.1, 0.15) is 0 Å². The molecule has 18 heavy (non-hydrogen) atoms. The number of nitrogens with zero attached hydrogens (tertiary/aromatic N) is 2. The number of aromatic amines is 1. The molecule has 0 saturated carbocycles. The van der Waals surface area contributed by atoms with Gasteiger partial charge in [-0.1, -0.05) is 29.8 Å². The van der Waals surface area contributed by atoms with E-state index in [4.69, 9.17) is 5.73 Å². The van der Waals surface area contributed by atoms with Crippen LogP contribution >= 0.6 is 11.3 Å². The van der Waals surface area contributed by atoms with E-state index >= 15 is 0 Å². The van der Waals surface area contributed by atoms with E-state index in [-0.39, 0.29) is 0 Å². The Morgan fingerprint density at radius 3 is 2.67 bits per heavy atom. The van der Waals surface area contributed by atoms with Gasteiger partial charge in [-0.25, -0.2) is 0 Å². The van der Waals surface area contributed by atoms with Crippen molar-refractivity contribution < 1.29 is 0 Å². The van der Waals surface area contributed by atoms with Gasteiger partial charge in [-0.05, 0) is 12.5 Å². The molecule has 0 saturated heterocycles. The summed E-state index contributed by atoms with van der Waals surface area (Å²) in [7, 11) is 0. The molecule has 0 unspecified atom stereocenters. The lowest BCUT2D eigenvalue weighted by atomic mass is 10.0. The third kappa shape index (κ3) is 1.78. The number of hydrogen-bond acceptors (Lipinski definition) is 4. The summed E-state index contributed by atoms with van der Waals surface area (Å²) in [5, 5.41) is 7.09. The van der Waals surface area contributed by atoms with Crippen LogP contribution in [-0.2, 0) is 0 Å². The normalized spacial score (nSPS) is 10.7. The van der Waals surface area contributed by atoms with Crippen LogP contribution in [0.15, 0.2) is 36.0 Å². The minimum absolute atomic E-state index is 0.516. The molecule has 4 nitrogen and oxygen atoms in total. The molecular formula is C13H12N4S.